The molecule has 0 fully saturated rings. The number of rotatable bonds is 3. The molecular formula is C13H14ClN3O. The van der Waals surface area contributed by atoms with Gasteiger partial charge >= 0.3 is 0 Å². The van der Waals surface area contributed by atoms with Crippen LogP contribution in [0.15, 0.2) is 24.4 Å². The monoisotopic (exact) mass is 263 g/mol. The zero-order chi connectivity index (χ0) is 13.1. The minimum absolute atomic E-state index is 0.315. The molecule has 0 unspecified atom stereocenters. The summed E-state index contributed by atoms with van der Waals surface area (Å²) in [5, 5.41) is 8.08. The lowest BCUT2D eigenvalue weighted by atomic mass is 10.0. The summed E-state index contributed by atoms with van der Waals surface area (Å²) >= 11 is 5.82. The first kappa shape index (κ1) is 12.8. The number of benzene rings is 1. The van der Waals surface area contributed by atoms with Gasteiger partial charge in [0.25, 0.3) is 0 Å². The van der Waals surface area contributed by atoms with Gasteiger partial charge in [-0.15, -0.1) is 5.10 Å². The van der Waals surface area contributed by atoms with Crippen LogP contribution in [0.1, 0.15) is 25.3 Å². The van der Waals surface area contributed by atoms with Gasteiger partial charge in [-0.3, -0.25) is 0 Å². The fraction of sp³-hybridized carbons (Fsp3) is 0.308. The first-order valence-electron chi connectivity index (χ1n) is 5.65. The normalized spacial score (nSPS) is 10.7. The van der Waals surface area contributed by atoms with E-state index >= 15 is 0 Å². The summed E-state index contributed by atoms with van der Waals surface area (Å²) in [7, 11) is 1.63. The highest BCUT2D eigenvalue weighted by Crippen LogP contribution is 2.30. The van der Waals surface area contributed by atoms with Crippen LogP contribution in [0, 0.1) is 0 Å². The van der Waals surface area contributed by atoms with E-state index in [1.165, 1.54) is 11.8 Å². The van der Waals surface area contributed by atoms with E-state index in [0.717, 1.165) is 11.3 Å². The second kappa shape index (κ2) is 5.31. The Hall–Kier alpha value is -1.68. The number of nitrogens with zero attached hydrogens (tertiary/aromatic N) is 3. The van der Waals surface area contributed by atoms with Gasteiger partial charge in [-0.1, -0.05) is 31.5 Å². The van der Waals surface area contributed by atoms with Crippen LogP contribution in [0.2, 0.25) is 5.15 Å². The van der Waals surface area contributed by atoms with Crippen molar-refractivity contribution in [3.8, 4) is 17.1 Å². The Kier molecular flexibility index (Phi) is 3.77. The van der Waals surface area contributed by atoms with Crippen molar-refractivity contribution in [1.29, 1.82) is 0 Å². The number of halogens is 1. The highest BCUT2D eigenvalue weighted by atomic mass is 35.5. The molecule has 0 spiro atoms. The number of hydrogen-bond acceptors (Lipinski definition) is 4. The van der Waals surface area contributed by atoms with Gasteiger partial charge in [-0.25, -0.2) is 4.98 Å². The van der Waals surface area contributed by atoms with Crippen LogP contribution in [0.5, 0.6) is 5.75 Å². The van der Waals surface area contributed by atoms with Crippen molar-refractivity contribution in [1.82, 2.24) is 15.2 Å². The average molecular weight is 264 g/mol. The van der Waals surface area contributed by atoms with Gasteiger partial charge in [0.2, 0.25) is 0 Å². The molecule has 4 nitrogen and oxygen atoms in total. The van der Waals surface area contributed by atoms with Crippen LogP contribution in [-0.4, -0.2) is 22.3 Å². The van der Waals surface area contributed by atoms with E-state index in [1.807, 2.05) is 18.2 Å². The van der Waals surface area contributed by atoms with E-state index < -0.39 is 0 Å². The molecular weight excluding hydrogens is 250 g/mol. The van der Waals surface area contributed by atoms with Gasteiger partial charge in [0.15, 0.2) is 11.0 Å². The van der Waals surface area contributed by atoms with Crippen LogP contribution in [0.3, 0.4) is 0 Å². The minimum atomic E-state index is 0.315. The molecule has 1 aromatic heterocycles. The van der Waals surface area contributed by atoms with Crippen molar-refractivity contribution >= 4 is 11.6 Å². The molecule has 18 heavy (non-hydrogen) atoms. The molecule has 0 saturated heterocycles. The molecule has 1 heterocycles. The molecule has 94 valence electrons. The van der Waals surface area contributed by atoms with Crippen LogP contribution in [0.25, 0.3) is 11.4 Å². The van der Waals surface area contributed by atoms with Gasteiger partial charge in [0.05, 0.1) is 18.9 Å². The highest BCUT2D eigenvalue weighted by Gasteiger charge is 2.11. The van der Waals surface area contributed by atoms with Crippen molar-refractivity contribution in [2.45, 2.75) is 19.8 Å². The van der Waals surface area contributed by atoms with E-state index in [1.54, 1.807) is 7.11 Å². The lowest BCUT2D eigenvalue weighted by Gasteiger charge is -2.11. The fourth-order valence-corrected chi connectivity index (χ4v) is 1.77. The first-order chi connectivity index (χ1) is 8.61. The summed E-state index contributed by atoms with van der Waals surface area (Å²) in [6, 6.07) is 5.96. The van der Waals surface area contributed by atoms with E-state index in [0.29, 0.717) is 16.9 Å². The van der Waals surface area contributed by atoms with Gasteiger partial charge in [0, 0.05) is 0 Å². The Labute approximate surface area is 111 Å². The number of aromatic nitrogens is 3. The SMILES string of the molecule is COc1cc(C(C)C)ccc1-c1nncc(Cl)n1. The minimum Gasteiger partial charge on any atom is -0.496 e. The predicted molar refractivity (Wildman–Crippen MR) is 70.9 cm³/mol. The van der Waals surface area contributed by atoms with Crippen LogP contribution in [0.4, 0.5) is 0 Å². The molecule has 0 bridgehead atoms. The molecule has 0 aliphatic heterocycles. The maximum absolute atomic E-state index is 5.82. The average Bonchev–Trinajstić information content (AvgIpc) is 2.37. The Balaban J connectivity index is 2.51. The second-order valence-electron chi connectivity index (χ2n) is 4.22. The zero-order valence-electron chi connectivity index (χ0n) is 10.5. The largest absolute Gasteiger partial charge is 0.496 e. The Morgan fingerprint density at radius 2 is 2.06 bits per heavy atom. The van der Waals surface area contributed by atoms with E-state index in [9.17, 15) is 0 Å². The molecule has 0 N–H and O–H groups in total. The summed E-state index contributed by atoms with van der Waals surface area (Å²) in [6.45, 7) is 4.26. The molecule has 0 radical (unpaired) electrons. The summed E-state index contributed by atoms with van der Waals surface area (Å²) in [6.07, 6.45) is 1.40. The third-order valence-corrected chi connectivity index (χ3v) is 2.84. The predicted octanol–water partition coefficient (Wildman–Crippen LogP) is 3.32. The second-order valence-corrected chi connectivity index (χ2v) is 4.60. The first-order valence-corrected chi connectivity index (χ1v) is 6.03. The van der Waals surface area contributed by atoms with Gasteiger partial charge in [-0.05, 0) is 23.6 Å². The van der Waals surface area contributed by atoms with Gasteiger partial charge < -0.3 is 4.74 Å². The van der Waals surface area contributed by atoms with Crippen molar-refractivity contribution in [2.75, 3.05) is 7.11 Å². The summed E-state index contributed by atoms with van der Waals surface area (Å²) in [5.41, 5.74) is 1.99. The Morgan fingerprint density at radius 1 is 1.28 bits per heavy atom. The summed E-state index contributed by atoms with van der Waals surface area (Å²) < 4.78 is 5.38. The van der Waals surface area contributed by atoms with Gasteiger partial charge in [0.1, 0.15) is 5.75 Å². The highest BCUT2D eigenvalue weighted by molar-refractivity contribution is 6.29. The molecule has 1 aromatic carbocycles. The summed E-state index contributed by atoms with van der Waals surface area (Å²) in [4.78, 5) is 4.14. The lowest BCUT2D eigenvalue weighted by molar-refractivity contribution is 0.415. The Bertz CT molecular complexity index is 558. The molecule has 0 amide bonds. The smallest absolute Gasteiger partial charge is 0.186 e. The quantitative estimate of drug-likeness (QED) is 0.852. The van der Waals surface area contributed by atoms with Crippen LogP contribution < -0.4 is 4.74 Å². The molecule has 5 heteroatoms. The maximum Gasteiger partial charge on any atom is 0.186 e. The van der Waals surface area contributed by atoms with E-state index in [-0.39, 0.29) is 0 Å². The van der Waals surface area contributed by atoms with Crippen LogP contribution >= 0.6 is 11.6 Å². The number of methoxy groups -OCH3 is 1. The van der Waals surface area contributed by atoms with Gasteiger partial charge in [-0.2, -0.15) is 5.10 Å². The van der Waals surface area contributed by atoms with Crippen molar-refractivity contribution < 1.29 is 4.74 Å². The standard InChI is InChI=1S/C13H14ClN3O/c1-8(2)9-4-5-10(11(6-9)18-3)13-16-12(14)7-15-17-13/h4-8H,1-3H3. The van der Waals surface area contributed by atoms with E-state index in [4.69, 9.17) is 16.3 Å². The maximum atomic E-state index is 5.82. The zero-order valence-corrected chi connectivity index (χ0v) is 11.3. The number of ether oxygens (including phenoxy) is 1. The topological polar surface area (TPSA) is 47.9 Å². The molecule has 0 atom stereocenters. The van der Waals surface area contributed by atoms with Crippen molar-refractivity contribution in [2.24, 2.45) is 0 Å². The molecule has 2 rings (SSSR count). The Morgan fingerprint density at radius 3 is 2.67 bits per heavy atom. The van der Waals surface area contributed by atoms with Crippen molar-refractivity contribution in [3.63, 3.8) is 0 Å². The summed E-state index contributed by atoms with van der Waals surface area (Å²) in [5.74, 6) is 1.63. The third-order valence-electron chi connectivity index (χ3n) is 2.66. The van der Waals surface area contributed by atoms with Crippen molar-refractivity contribution in [3.05, 3.63) is 35.1 Å². The molecule has 2 aromatic rings. The fourth-order valence-electron chi connectivity index (χ4n) is 1.65. The number of hydrogen-bond donors (Lipinski definition) is 0. The molecule has 0 aliphatic rings. The van der Waals surface area contributed by atoms with Crippen LogP contribution in [-0.2, 0) is 0 Å². The lowest BCUT2D eigenvalue weighted by Crippen LogP contribution is -1.97. The molecule has 0 saturated carbocycles. The van der Waals surface area contributed by atoms with E-state index in [2.05, 4.69) is 29.0 Å². The third kappa shape index (κ3) is 2.59. The molecule has 0 aliphatic carbocycles.